The zero-order valence-electron chi connectivity index (χ0n) is 13.8. The van der Waals surface area contributed by atoms with Gasteiger partial charge in [-0.2, -0.15) is 0 Å². The van der Waals surface area contributed by atoms with E-state index >= 15 is 0 Å². The second-order valence-corrected chi connectivity index (χ2v) is 6.58. The number of rotatable bonds is 4. The molecule has 1 atom stereocenters. The van der Waals surface area contributed by atoms with Crippen LogP contribution in [0.2, 0.25) is 0 Å². The van der Waals surface area contributed by atoms with Gasteiger partial charge in [0.1, 0.15) is 5.69 Å². The predicted octanol–water partition coefficient (Wildman–Crippen LogP) is 2.04. The van der Waals surface area contributed by atoms with E-state index in [1.165, 1.54) is 0 Å². The summed E-state index contributed by atoms with van der Waals surface area (Å²) in [4.78, 5) is 20.1. The number of methoxy groups -OCH3 is 1. The highest BCUT2D eigenvalue weighted by Crippen LogP contribution is 2.35. The Labute approximate surface area is 140 Å². The second kappa shape index (κ2) is 7.11. The molecule has 2 aliphatic heterocycles. The fourth-order valence-electron chi connectivity index (χ4n) is 3.75. The lowest BCUT2D eigenvalue weighted by Gasteiger charge is -2.38. The number of nitrogens with zero attached hydrogens (tertiary/aromatic N) is 3. The van der Waals surface area contributed by atoms with Gasteiger partial charge in [-0.25, -0.2) is 8.78 Å². The van der Waals surface area contributed by atoms with E-state index in [9.17, 15) is 13.6 Å². The molecule has 0 radical (unpaired) electrons. The van der Waals surface area contributed by atoms with Crippen LogP contribution >= 0.6 is 0 Å². The van der Waals surface area contributed by atoms with Gasteiger partial charge in [-0.15, -0.1) is 0 Å². The lowest BCUT2D eigenvalue weighted by Crippen LogP contribution is -2.49. The fourth-order valence-corrected chi connectivity index (χ4v) is 3.75. The van der Waals surface area contributed by atoms with Gasteiger partial charge in [0.05, 0.1) is 13.2 Å². The molecule has 1 aromatic rings. The van der Waals surface area contributed by atoms with Crippen LogP contribution in [0, 0.1) is 0 Å². The van der Waals surface area contributed by atoms with Crippen molar-refractivity contribution in [1.29, 1.82) is 0 Å². The summed E-state index contributed by atoms with van der Waals surface area (Å²) in [6.45, 7) is 1.26. The molecule has 0 aromatic carbocycles. The molecule has 5 nitrogen and oxygen atoms in total. The molecule has 2 aliphatic rings. The Morgan fingerprint density at radius 3 is 2.75 bits per heavy atom. The Morgan fingerprint density at radius 1 is 1.38 bits per heavy atom. The van der Waals surface area contributed by atoms with Crippen LogP contribution in [0.4, 0.5) is 8.78 Å². The summed E-state index contributed by atoms with van der Waals surface area (Å²) in [6, 6.07) is 5.09. The second-order valence-electron chi connectivity index (χ2n) is 6.58. The van der Waals surface area contributed by atoms with E-state index in [0.29, 0.717) is 38.2 Å². The number of pyridine rings is 1. The summed E-state index contributed by atoms with van der Waals surface area (Å²) in [5, 5.41) is 0. The number of aromatic nitrogens is 1. The van der Waals surface area contributed by atoms with E-state index in [0.717, 1.165) is 0 Å². The van der Waals surface area contributed by atoms with Gasteiger partial charge in [0.25, 0.3) is 11.8 Å². The Kier molecular flexibility index (Phi) is 5.10. The van der Waals surface area contributed by atoms with Gasteiger partial charge >= 0.3 is 0 Å². The number of hydrogen-bond acceptors (Lipinski definition) is 4. The molecule has 0 aliphatic carbocycles. The van der Waals surface area contributed by atoms with E-state index in [2.05, 4.69) is 4.98 Å². The van der Waals surface area contributed by atoms with Gasteiger partial charge in [0, 0.05) is 44.9 Å². The average Bonchev–Trinajstić information content (AvgIpc) is 2.90. The van der Waals surface area contributed by atoms with Crippen molar-refractivity contribution in [2.24, 2.45) is 0 Å². The molecule has 0 unspecified atom stereocenters. The molecule has 3 heterocycles. The first-order valence-electron chi connectivity index (χ1n) is 8.33. The third-order valence-electron chi connectivity index (χ3n) is 4.88. The van der Waals surface area contributed by atoms with Crippen molar-refractivity contribution >= 4 is 5.91 Å². The number of alkyl halides is 2. The number of ether oxygens (including phenoxy) is 1. The Bertz CT molecular complexity index is 562. The number of carbonyl (C=O) groups excluding carboxylic acids is 1. The number of amides is 1. The van der Waals surface area contributed by atoms with Crippen LogP contribution in [0.5, 0.6) is 0 Å². The van der Waals surface area contributed by atoms with Crippen molar-refractivity contribution in [1.82, 2.24) is 14.8 Å². The summed E-state index contributed by atoms with van der Waals surface area (Å²) in [5.41, 5.74) is 0.431. The van der Waals surface area contributed by atoms with E-state index in [4.69, 9.17) is 4.74 Å². The molecule has 2 saturated heterocycles. The van der Waals surface area contributed by atoms with Gasteiger partial charge in [0.15, 0.2) is 0 Å². The molecular weight excluding hydrogens is 316 g/mol. The molecule has 1 amide bonds. The number of carbonyl (C=O) groups is 1. The fraction of sp³-hybridized carbons (Fsp3) is 0.647. The highest BCUT2D eigenvalue weighted by Gasteiger charge is 2.47. The Hall–Kier alpha value is -1.60. The van der Waals surface area contributed by atoms with Crippen LogP contribution in [-0.2, 0) is 4.74 Å². The lowest BCUT2D eigenvalue weighted by molar-refractivity contribution is 0.00283. The summed E-state index contributed by atoms with van der Waals surface area (Å²) in [7, 11) is 1.54. The predicted molar refractivity (Wildman–Crippen MR) is 85.1 cm³/mol. The summed E-state index contributed by atoms with van der Waals surface area (Å²) in [6.07, 6.45) is 2.86. The lowest BCUT2D eigenvalue weighted by atomic mass is 10.0. The van der Waals surface area contributed by atoms with Crippen molar-refractivity contribution in [2.75, 3.05) is 33.4 Å². The molecule has 3 rings (SSSR count). The van der Waals surface area contributed by atoms with Gasteiger partial charge in [-0.1, -0.05) is 6.07 Å². The first-order chi connectivity index (χ1) is 11.5. The minimum Gasteiger partial charge on any atom is -0.383 e. The molecule has 7 heteroatoms. The van der Waals surface area contributed by atoms with E-state index in [1.54, 1.807) is 36.4 Å². The minimum atomic E-state index is -2.65. The molecule has 2 fully saturated rings. The monoisotopic (exact) mass is 339 g/mol. The topological polar surface area (TPSA) is 45.7 Å². The molecule has 0 bridgehead atoms. The van der Waals surface area contributed by atoms with Crippen LogP contribution in [0.3, 0.4) is 0 Å². The third kappa shape index (κ3) is 3.72. The van der Waals surface area contributed by atoms with E-state index in [1.807, 2.05) is 4.90 Å². The maximum atomic E-state index is 13.8. The van der Waals surface area contributed by atoms with E-state index < -0.39 is 5.92 Å². The summed E-state index contributed by atoms with van der Waals surface area (Å²) >= 11 is 0. The number of likely N-dealkylation sites (tertiary alicyclic amines) is 2. The maximum Gasteiger partial charge on any atom is 0.272 e. The SMILES string of the molecule is COC[C@@H]1CC(F)(F)CN1C1CCN(C(=O)c2ccccn2)CC1. The van der Waals surface area contributed by atoms with Gasteiger partial charge in [0.2, 0.25) is 0 Å². The molecular formula is C17H23F2N3O2. The van der Waals surface area contributed by atoms with Crippen LogP contribution in [-0.4, -0.2) is 72.0 Å². The molecule has 0 N–H and O–H groups in total. The largest absolute Gasteiger partial charge is 0.383 e. The van der Waals surface area contributed by atoms with Crippen molar-refractivity contribution in [3.63, 3.8) is 0 Å². The van der Waals surface area contributed by atoms with Gasteiger partial charge < -0.3 is 9.64 Å². The number of halogens is 2. The van der Waals surface area contributed by atoms with Gasteiger partial charge in [-0.05, 0) is 25.0 Å². The Morgan fingerprint density at radius 2 is 2.12 bits per heavy atom. The molecule has 24 heavy (non-hydrogen) atoms. The number of hydrogen-bond donors (Lipinski definition) is 0. The zero-order valence-corrected chi connectivity index (χ0v) is 13.8. The van der Waals surface area contributed by atoms with Crippen LogP contribution < -0.4 is 0 Å². The van der Waals surface area contributed by atoms with Crippen molar-refractivity contribution in [3.05, 3.63) is 30.1 Å². The summed E-state index contributed by atoms with van der Waals surface area (Å²) in [5.74, 6) is -2.74. The van der Waals surface area contributed by atoms with Crippen LogP contribution in [0.25, 0.3) is 0 Å². The zero-order chi connectivity index (χ0) is 17.2. The summed E-state index contributed by atoms with van der Waals surface area (Å²) < 4.78 is 32.7. The quantitative estimate of drug-likeness (QED) is 0.842. The standard InChI is InChI=1S/C17H23F2N3O2/c1-24-11-14-10-17(18,19)12-22(14)13-5-8-21(9-6-13)16(23)15-4-2-3-7-20-15/h2-4,7,13-14H,5-6,8-12H2,1H3/t14-/m0/s1. The smallest absolute Gasteiger partial charge is 0.272 e. The van der Waals surface area contributed by atoms with E-state index in [-0.39, 0.29) is 31.0 Å². The maximum absolute atomic E-state index is 13.8. The highest BCUT2D eigenvalue weighted by atomic mass is 19.3. The van der Waals surface area contributed by atoms with Crippen molar-refractivity contribution in [2.45, 2.75) is 37.3 Å². The van der Waals surface area contributed by atoms with Gasteiger partial charge in [-0.3, -0.25) is 14.7 Å². The van der Waals surface area contributed by atoms with Crippen molar-refractivity contribution < 1.29 is 18.3 Å². The van der Waals surface area contributed by atoms with Crippen LogP contribution in [0.15, 0.2) is 24.4 Å². The molecule has 0 spiro atoms. The normalized spacial score (nSPS) is 25.1. The molecule has 1 aromatic heterocycles. The highest BCUT2D eigenvalue weighted by molar-refractivity contribution is 5.92. The molecule has 0 saturated carbocycles. The third-order valence-corrected chi connectivity index (χ3v) is 4.88. The molecule has 132 valence electrons. The van der Waals surface area contributed by atoms with Crippen molar-refractivity contribution in [3.8, 4) is 0 Å². The first kappa shape index (κ1) is 17.2. The minimum absolute atomic E-state index is 0.0753. The first-order valence-corrected chi connectivity index (χ1v) is 8.33. The average molecular weight is 339 g/mol. The number of piperidine rings is 1. The van der Waals surface area contributed by atoms with Crippen LogP contribution in [0.1, 0.15) is 29.8 Å². The Balaban J connectivity index is 1.59.